The van der Waals surface area contributed by atoms with Crippen LogP contribution in [0.3, 0.4) is 0 Å². The van der Waals surface area contributed by atoms with Gasteiger partial charge in [0.25, 0.3) is 0 Å². The molecule has 2 aromatic heterocycles. The Labute approximate surface area is 175 Å². The van der Waals surface area contributed by atoms with Crippen molar-refractivity contribution in [2.45, 2.75) is 12.5 Å². The highest BCUT2D eigenvalue weighted by atomic mass is 35.5. The van der Waals surface area contributed by atoms with Gasteiger partial charge in [-0.1, -0.05) is 41.9 Å². The lowest BCUT2D eigenvalue weighted by Crippen LogP contribution is -2.45. The third-order valence-corrected chi connectivity index (χ3v) is 5.50. The summed E-state index contributed by atoms with van der Waals surface area (Å²) in [5.41, 5.74) is 7.85. The van der Waals surface area contributed by atoms with Gasteiger partial charge in [0.05, 0.1) is 17.8 Å². The zero-order valence-electron chi connectivity index (χ0n) is 16.6. The van der Waals surface area contributed by atoms with Gasteiger partial charge in [0, 0.05) is 31.6 Å². The maximum atomic E-state index is 6.18. The van der Waals surface area contributed by atoms with Gasteiger partial charge in [0.15, 0.2) is 0 Å². The lowest BCUT2D eigenvalue weighted by molar-refractivity contribution is 0.311. The minimum Gasteiger partial charge on any atom is -0.363 e. The molecule has 0 spiro atoms. The Kier molecular flexibility index (Phi) is 6.08. The highest BCUT2D eigenvalue weighted by molar-refractivity contribution is 6.30. The minimum atomic E-state index is 0.0478. The van der Waals surface area contributed by atoms with Gasteiger partial charge in [-0.15, -0.1) is 0 Å². The maximum Gasteiger partial charge on any atom is 0.228 e. The van der Waals surface area contributed by atoms with Crippen LogP contribution in [0.15, 0.2) is 42.6 Å². The van der Waals surface area contributed by atoms with Crippen LogP contribution in [-0.2, 0) is 0 Å². The number of likely N-dealkylation sites (N-methyl/N-ethyl adjacent to an activating group) is 1. The van der Waals surface area contributed by atoms with E-state index in [1.54, 1.807) is 6.20 Å². The molecule has 0 radical (unpaired) electrons. The molecule has 3 aromatic rings. The van der Waals surface area contributed by atoms with Gasteiger partial charge >= 0.3 is 0 Å². The molecule has 8 heteroatoms. The summed E-state index contributed by atoms with van der Waals surface area (Å²) >= 11 is 6.18. The minimum absolute atomic E-state index is 0.0478. The van der Waals surface area contributed by atoms with Crippen molar-refractivity contribution in [3.05, 3.63) is 53.3 Å². The number of hydrogen-bond donors (Lipinski definition) is 2. The number of fused-ring (bicyclic) bond motifs is 1. The number of hydrogen-bond acceptors (Lipinski definition) is 7. The molecule has 1 aliphatic heterocycles. The lowest BCUT2D eigenvalue weighted by Gasteiger charge is -2.32. The van der Waals surface area contributed by atoms with Crippen molar-refractivity contribution in [2.75, 3.05) is 50.0 Å². The van der Waals surface area contributed by atoms with E-state index in [-0.39, 0.29) is 6.04 Å². The molecular weight excluding hydrogens is 386 g/mol. The number of nitrogens with zero attached hydrogens (tertiary/aromatic N) is 5. The van der Waals surface area contributed by atoms with Gasteiger partial charge in [0.1, 0.15) is 11.0 Å². The first-order valence-electron chi connectivity index (χ1n) is 9.92. The standard InChI is InChI=1S/C21H26ClN7/c1-28-9-11-29(12-10-28)21-26-18-14-24-19(22)13-16(18)20(27-21)25-17(7-8-23)15-5-3-2-4-6-15/h2-6,13-14,17H,7-12,23H2,1H3,(H,25,26,27). The monoisotopic (exact) mass is 411 g/mol. The Morgan fingerprint density at radius 2 is 1.90 bits per heavy atom. The first-order chi connectivity index (χ1) is 14.1. The summed E-state index contributed by atoms with van der Waals surface area (Å²) in [6.45, 7) is 4.34. The molecule has 1 atom stereocenters. The van der Waals surface area contributed by atoms with Crippen molar-refractivity contribution in [1.29, 1.82) is 0 Å². The molecule has 1 unspecified atom stereocenters. The summed E-state index contributed by atoms with van der Waals surface area (Å²) in [4.78, 5) is 18.4. The summed E-state index contributed by atoms with van der Waals surface area (Å²) in [6, 6.07) is 12.2. The molecule has 1 aromatic carbocycles. The van der Waals surface area contributed by atoms with Crippen LogP contribution in [0.1, 0.15) is 18.0 Å². The lowest BCUT2D eigenvalue weighted by atomic mass is 10.0. The van der Waals surface area contributed by atoms with E-state index in [9.17, 15) is 0 Å². The first kappa shape index (κ1) is 19.8. The zero-order chi connectivity index (χ0) is 20.2. The van der Waals surface area contributed by atoms with Gasteiger partial charge in [-0.3, -0.25) is 0 Å². The number of benzene rings is 1. The second kappa shape index (κ2) is 8.90. The van der Waals surface area contributed by atoms with Crippen molar-refractivity contribution < 1.29 is 0 Å². The summed E-state index contributed by atoms with van der Waals surface area (Å²) in [6.07, 6.45) is 2.50. The van der Waals surface area contributed by atoms with Crippen molar-refractivity contribution >= 4 is 34.3 Å². The number of nitrogens with one attached hydrogen (secondary N) is 1. The summed E-state index contributed by atoms with van der Waals surface area (Å²) in [7, 11) is 2.13. The number of anilines is 2. The fraction of sp³-hybridized carbons (Fsp3) is 0.381. The predicted octanol–water partition coefficient (Wildman–Crippen LogP) is 2.93. The van der Waals surface area contributed by atoms with Crippen molar-refractivity contribution in [1.82, 2.24) is 19.9 Å². The number of pyridine rings is 1. The summed E-state index contributed by atoms with van der Waals surface area (Å²) < 4.78 is 0. The average Bonchev–Trinajstić information content (AvgIpc) is 2.74. The molecule has 3 heterocycles. The van der Waals surface area contributed by atoms with Crippen molar-refractivity contribution in [3.8, 4) is 0 Å². The van der Waals surface area contributed by atoms with E-state index >= 15 is 0 Å². The first-order valence-corrected chi connectivity index (χ1v) is 10.3. The van der Waals surface area contributed by atoms with Crippen LogP contribution in [0, 0.1) is 0 Å². The van der Waals surface area contributed by atoms with Crippen molar-refractivity contribution in [2.24, 2.45) is 5.73 Å². The van der Waals surface area contributed by atoms with Crippen molar-refractivity contribution in [3.63, 3.8) is 0 Å². The molecule has 0 amide bonds. The molecule has 0 aliphatic carbocycles. The number of rotatable bonds is 6. The van der Waals surface area contributed by atoms with E-state index in [2.05, 4.69) is 39.3 Å². The van der Waals surface area contributed by atoms with Crippen LogP contribution < -0.4 is 16.0 Å². The number of halogens is 1. The van der Waals surface area contributed by atoms with Crippen LogP contribution in [0.2, 0.25) is 5.15 Å². The Balaban J connectivity index is 1.73. The molecule has 1 saturated heterocycles. The average molecular weight is 412 g/mol. The SMILES string of the molecule is CN1CCN(c2nc(NC(CCN)c3ccccc3)c3cc(Cl)ncc3n2)CC1. The molecule has 0 saturated carbocycles. The molecule has 1 fully saturated rings. The van der Waals surface area contributed by atoms with Gasteiger partial charge in [-0.05, 0) is 31.6 Å². The quantitative estimate of drug-likeness (QED) is 0.603. The highest BCUT2D eigenvalue weighted by Crippen LogP contribution is 2.29. The number of aromatic nitrogens is 3. The van der Waals surface area contributed by atoms with E-state index < -0.39 is 0 Å². The zero-order valence-corrected chi connectivity index (χ0v) is 17.3. The second-order valence-corrected chi connectivity index (χ2v) is 7.76. The van der Waals surface area contributed by atoms with Gasteiger partial charge in [0.2, 0.25) is 5.95 Å². The molecular formula is C21H26ClN7. The number of piperazine rings is 1. The van der Waals surface area contributed by atoms with Gasteiger partial charge in [-0.25, -0.2) is 9.97 Å². The summed E-state index contributed by atoms with van der Waals surface area (Å²) in [5.74, 6) is 1.48. The summed E-state index contributed by atoms with van der Waals surface area (Å²) in [5, 5.41) is 4.88. The molecule has 3 N–H and O–H groups in total. The van der Waals surface area contributed by atoms with Crippen LogP contribution >= 0.6 is 11.6 Å². The Bertz CT molecular complexity index is 958. The maximum absolute atomic E-state index is 6.18. The molecule has 7 nitrogen and oxygen atoms in total. The predicted molar refractivity (Wildman–Crippen MR) is 119 cm³/mol. The van der Waals surface area contributed by atoms with E-state index in [4.69, 9.17) is 27.3 Å². The fourth-order valence-corrected chi connectivity index (χ4v) is 3.75. The van der Waals surface area contributed by atoms with Gasteiger partial charge in [-0.2, -0.15) is 4.98 Å². The van der Waals surface area contributed by atoms with Crippen LogP contribution in [0.5, 0.6) is 0 Å². The second-order valence-electron chi connectivity index (χ2n) is 7.37. The van der Waals surface area contributed by atoms with E-state index in [0.29, 0.717) is 11.7 Å². The van der Waals surface area contributed by atoms with Crippen LogP contribution in [0.4, 0.5) is 11.8 Å². The van der Waals surface area contributed by atoms with Crippen LogP contribution in [0.25, 0.3) is 10.9 Å². The van der Waals surface area contributed by atoms with Crippen LogP contribution in [-0.4, -0.2) is 59.6 Å². The van der Waals surface area contributed by atoms with Gasteiger partial charge < -0.3 is 20.9 Å². The fourth-order valence-electron chi connectivity index (χ4n) is 3.59. The Morgan fingerprint density at radius 3 is 2.62 bits per heavy atom. The Morgan fingerprint density at radius 1 is 1.14 bits per heavy atom. The smallest absolute Gasteiger partial charge is 0.228 e. The molecule has 1 aliphatic rings. The topological polar surface area (TPSA) is 83.2 Å². The largest absolute Gasteiger partial charge is 0.363 e. The van der Waals surface area contributed by atoms with E-state index in [1.807, 2.05) is 24.3 Å². The molecule has 0 bridgehead atoms. The molecule has 152 valence electrons. The third-order valence-electron chi connectivity index (χ3n) is 5.29. The van der Waals surface area contributed by atoms with E-state index in [1.165, 1.54) is 5.56 Å². The highest BCUT2D eigenvalue weighted by Gasteiger charge is 2.20. The molecule has 29 heavy (non-hydrogen) atoms. The normalized spacial score (nSPS) is 16.2. The van der Waals surface area contributed by atoms with E-state index in [0.717, 1.165) is 55.3 Å². The third kappa shape index (κ3) is 4.58. The Hall–Kier alpha value is -2.48. The number of nitrogens with two attached hydrogens (primary N) is 1. The molecule has 4 rings (SSSR count).